The van der Waals surface area contributed by atoms with Crippen molar-refractivity contribution in [1.82, 2.24) is 0 Å². The van der Waals surface area contributed by atoms with Crippen molar-refractivity contribution in [2.75, 3.05) is 13.2 Å². The van der Waals surface area contributed by atoms with E-state index in [1.807, 2.05) is 0 Å². The van der Waals surface area contributed by atoms with Gasteiger partial charge in [-0.15, -0.1) is 0 Å². The molecule has 0 aromatic heterocycles. The van der Waals surface area contributed by atoms with Crippen molar-refractivity contribution in [1.29, 1.82) is 0 Å². The van der Waals surface area contributed by atoms with Crippen LogP contribution in [0.5, 0.6) is 0 Å². The van der Waals surface area contributed by atoms with Gasteiger partial charge in [-0.05, 0) is 12.8 Å². The molecular formula is C18H39ClO2Si. The topological polar surface area (TPSA) is 18.5 Å². The first-order chi connectivity index (χ1) is 10.7. The second kappa shape index (κ2) is 16.3. The maximum atomic E-state index is 6.60. The Balaban J connectivity index is 3.58. The molecule has 0 aliphatic heterocycles. The third-order valence-corrected chi connectivity index (χ3v) is 7.32. The lowest BCUT2D eigenvalue weighted by Gasteiger charge is -2.23. The van der Waals surface area contributed by atoms with Crippen molar-refractivity contribution in [3.05, 3.63) is 0 Å². The first-order valence-corrected chi connectivity index (χ1v) is 12.7. The second-order valence-corrected chi connectivity index (χ2v) is 10.4. The number of rotatable bonds is 17. The largest absolute Gasteiger partial charge is 0.443 e. The van der Waals surface area contributed by atoms with Crippen LogP contribution in [0, 0.1) is 0 Å². The average Bonchev–Trinajstić information content (AvgIpc) is 2.53. The SMILES string of the molecule is CCCCCCCCCCCC[Si](Cl)(OCCC)OCCC. The molecule has 0 amide bonds. The summed E-state index contributed by atoms with van der Waals surface area (Å²) in [4.78, 5) is 0. The van der Waals surface area contributed by atoms with E-state index in [1.54, 1.807) is 0 Å². The maximum absolute atomic E-state index is 6.60. The molecule has 4 heteroatoms. The summed E-state index contributed by atoms with van der Waals surface area (Å²) in [6.07, 6.45) is 15.5. The minimum absolute atomic E-state index is 0.733. The van der Waals surface area contributed by atoms with Gasteiger partial charge < -0.3 is 8.85 Å². The van der Waals surface area contributed by atoms with Crippen molar-refractivity contribution >= 4 is 18.9 Å². The van der Waals surface area contributed by atoms with Gasteiger partial charge in [0.1, 0.15) is 0 Å². The summed E-state index contributed by atoms with van der Waals surface area (Å²) in [6, 6.07) is 0.936. The van der Waals surface area contributed by atoms with E-state index < -0.39 is 7.87 Å². The summed E-state index contributed by atoms with van der Waals surface area (Å²) < 4.78 is 11.7. The van der Waals surface area contributed by atoms with Gasteiger partial charge in [0.25, 0.3) is 0 Å². The molecule has 0 spiro atoms. The zero-order valence-electron chi connectivity index (χ0n) is 15.3. The fraction of sp³-hybridized carbons (Fsp3) is 1.00. The van der Waals surface area contributed by atoms with Crippen molar-refractivity contribution in [3.8, 4) is 0 Å². The van der Waals surface area contributed by atoms with E-state index in [0.29, 0.717) is 0 Å². The van der Waals surface area contributed by atoms with E-state index in [-0.39, 0.29) is 0 Å². The zero-order valence-corrected chi connectivity index (χ0v) is 17.1. The van der Waals surface area contributed by atoms with Crippen LogP contribution in [0.25, 0.3) is 0 Å². The molecule has 0 fully saturated rings. The molecule has 0 aliphatic rings. The highest BCUT2D eigenvalue weighted by atomic mass is 35.6. The minimum atomic E-state index is -2.41. The third kappa shape index (κ3) is 14.0. The molecule has 0 saturated carbocycles. The lowest BCUT2D eigenvalue weighted by molar-refractivity contribution is 0.185. The Morgan fingerprint density at radius 3 is 1.41 bits per heavy atom. The van der Waals surface area contributed by atoms with Gasteiger partial charge in [-0.3, -0.25) is 0 Å². The van der Waals surface area contributed by atoms with Gasteiger partial charge in [0.05, 0.1) is 0 Å². The summed E-state index contributed by atoms with van der Waals surface area (Å²) in [6.45, 7) is 7.97. The van der Waals surface area contributed by atoms with Gasteiger partial charge in [-0.1, -0.05) is 96.1 Å². The summed E-state index contributed by atoms with van der Waals surface area (Å²) >= 11 is 6.60. The van der Waals surface area contributed by atoms with Crippen LogP contribution in [0.2, 0.25) is 6.04 Å². The van der Waals surface area contributed by atoms with Gasteiger partial charge in [0, 0.05) is 19.3 Å². The summed E-state index contributed by atoms with van der Waals surface area (Å²) in [7, 11) is -2.41. The van der Waals surface area contributed by atoms with Crippen molar-refractivity contribution in [2.45, 2.75) is 104 Å². The van der Waals surface area contributed by atoms with Crippen LogP contribution in [-0.2, 0) is 8.85 Å². The zero-order chi connectivity index (χ0) is 16.5. The van der Waals surface area contributed by atoms with E-state index in [9.17, 15) is 0 Å². The fourth-order valence-electron chi connectivity index (χ4n) is 2.52. The van der Waals surface area contributed by atoms with Crippen LogP contribution in [0.4, 0.5) is 0 Å². The van der Waals surface area contributed by atoms with Gasteiger partial charge in [-0.2, -0.15) is 0 Å². The first kappa shape index (κ1) is 22.4. The lowest BCUT2D eigenvalue weighted by atomic mass is 10.1. The molecule has 0 bridgehead atoms. The average molecular weight is 351 g/mol. The second-order valence-electron chi connectivity index (χ2n) is 6.29. The number of unbranched alkanes of at least 4 members (excludes halogenated alkanes) is 9. The van der Waals surface area contributed by atoms with E-state index >= 15 is 0 Å². The van der Waals surface area contributed by atoms with Crippen LogP contribution < -0.4 is 0 Å². The smallest absolute Gasteiger partial charge is 0.383 e. The summed E-state index contributed by atoms with van der Waals surface area (Å²) in [5, 5.41) is 0. The van der Waals surface area contributed by atoms with Gasteiger partial charge >= 0.3 is 7.87 Å². The number of halogens is 1. The van der Waals surface area contributed by atoms with Crippen LogP contribution in [-0.4, -0.2) is 21.1 Å². The van der Waals surface area contributed by atoms with Gasteiger partial charge in [0.15, 0.2) is 0 Å². The minimum Gasteiger partial charge on any atom is -0.383 e. The molecular weight excluding hydrogens is 312 g/mol. The fourth-order valence-corrected chi connectivity index (χ4v) is 5.44. The van der Waals surface area contributed by atoms with Crippen LogP contribution in [0.15, 0.2) is 0 Å². The Morgan fingerprint density at radius 2 is 1.00 bits per heavy atom. The number of hydrogen-bond acceptors (Lipinski definition) is 2. The monoisotopic (exact) mass is 350 g/mol. The molecule has 0 saturated heterocycles. The molecule has 0 radical (unpaired) electrons. The molecule has 0 aromatic carbocycles. The molecule has 0 aromatic rings. The summed E-state index contributed by atoms with van der Waals surface area (Å²) in [5.74, 6) is 0. The highest BCUT2D eigenvalue weighted by Crippen LogP contribution is 2.23. The molecule has 22 heavy (non-hydrogen) atoms. The molecule has 0 aliphatic carbocycles. The maximum Gasteiger partial charge on any atom is 0.443 e. The van der Waals surface area contributed by atoms with Gasteiger partial charge in [-0.25, -0.2) is 0 Å². The van der Waals surface area contributed by atoms with Crippen molar-refractivity contribution in [3.63, 3.8) is 0 Å². The van der Waals surface area contributed by atoms with Crippen LogP contribution in [0.3, 0.4) is 0 Å². The molecule has 0 rings (SSSR count). The van der Waals surface area contributed by atoms with Crippen molar-refractivity contribution in [2.24, 2.45) is 0 Å². The quantitative estimate of drug-likeness (QED) is 0.161. The van der Waals surface area contributed by atoms with E-state index in [4.69, 9.17) is 19.9 Å². The lowest BCUT2D eigenvalue weighted by Crippen LogP contribution is -2.36. The molecule has 0 atom stereocenters. The molecule has 2 nitrogen and oxygen atoms in total. The Labute approximate surface area is 145 Å². The number of hydrogen-bond donors (Lipinski definition) is 0. The molecule has 0 heterocycles. The Bertz CT molecular complexity index is 219. The predicted octanol–water partition coefficient (Wildman–Crippen LogP) is 6.94. The Kier molecular flexibility index (Phi) is 16.6. The Hall–Kier alpha value is 0.427. The van der Waals surface area contributed by atoms with E-state index in [1.165, 1.54) is 57.8 Å². The van der Waals surface area contributed by atoms with E-state index in [0.717, 1.165) is 38.5 Å². The normalized spacial score (nSPS) is 12.0. The van der Waals surface area contributed by atoms with E-state index in [2.05, 4.69) is 20.8 Å². The first-order valence-electron chi connectivity index (χ1n) is 9.65. The standard InChI is InChI=1S/C18H39ClO2Si/c1-4-7-8-9-10-11-12-13-14-15-18-22(19,20-16-5-2)21-17-6-3/h4-18H2,1-3H3. The highest BCUT2D eigenvalue weighted by Gasteiger charge is 2.34. The van der Waals surface area contributed by atoms with Crippen LogP contribution >= 0.6 is 11.1 Å². The molecule has 0 N–H and O–H groups in total. The highest BCUT2D eigenvalue weighted by molar-refractivity contribution is 7.12. The third-order valence-electron chi connectivity index (χ3n) is 3.87. The summed E-state index contributed by atoms with van der Waals surface area (Å²) in [5.41, 5.74) is 0. The van der Waals surface area contributed by atoms with Gasteiger partial charge in [0.2, 0.25) is 0 Å². The predicted molar refractivity (Wildman–Crippen MR) is 101 cm³/mol. The van der Waals surface area contributed by atoms with Crippen molar-refractivity contribution < 1.29 is 8.85 Å². The molecule has 0 unspecified atom stereocenters. The molecule has 134 valence electrons. The van der Waals surface area contributed by atoms with Crippen LogP contribution in [0.1, 0.15) is 97.8 Å². The Morgan fingerprint density at radius 1 is 0.591 bits per heavy atom.